The lowest BCUT2D eigenvalue weighted by molar-refractivity contribution is -0.223. The molecule has 5 atom stereocenters. The molecule has 0 amide bonds. The van der Waals surface area contributed by atoms with Crippen molar-refractivity contribution < 1.29 is 23.7 Å². The largest absolute Gasteiger partial charge is 0.382 e. The maximum absolute atomic E-state index is 10.3. The smallest absolute Gasteiger partial charge is 0.226 e. The highest BCUT2D eigenvalue weighted by molar-refractivity contribution is 5.66. The molecule has 0 aliphatic carbocycles. The number of ether oxygens (including phenoxy) is 5. The van der Waals surface area contributed by atoms with Gasteiger partial charge in [0.15, 0.2) is 17.9 Å². The Bertz CT molecular complexity index is 982. The fraction of sp³-hybridized carbons (Fsp3) is 0.650. The van der Waals surface area contributed by atoms with Gasteiger partial charge in [0.05, 0.1) is 12.3 Å². The van der Waals surface area contributed by atoms with Gasteiger partial charge in [0, 0.05) is 6.61 Å². The Morgan fingerprint density at radius 1 is 1.30 bits per heavy atom. The molecule has 0 aromatic carbocycles. The lowest BCUT2D eigenvalue weighted by Crippen LogP contribution is -2.40. The second kappa shape index (κ2) is 7.14. The van der Waals surface area contributed by atoms with Crippen molar-refractivity contribution in [1.29, 1.82) is 5.26 Å². The molecule has 2 aromatic heterocycles. The quantitative estimate of drug-likeness (QED) is 0.790. The fourth-order valence-electron chi connectivity index (χ4n) is 4.51. The normalized spacial score (nSPS) is 35.4. The Morgan fingerprint density at radius 3 is 2.93 bits per heavy atom. The summed E-state index contributed by atoms with van der Waals surface area (Å²) in [5.74, 6) is -0.542. The number of hydrogen-bond acceptors (Lipinski definition) is 9. The summed E-state index contributed by atoms with van der Waals surface area (Å²) < 4.78 is 31.8. The fourth-order valence-corrected chi connectivity index (χ4v) is 4.51. The summed E-state index contributed by atoms with van der Waals surface area (Å²) in [5.41, 5.74) is 5.65. The van der Waals surface area contributed by atoms with E-state index in [1.54, 1.807) is 16.6 Å². The van der Waals surface area contributed by atoms with Gasteiger partial charge in [-0.1, -0.05) is 0 Å². The molecule has 5 heterocycles. The average molecular weight is 415 g/mol. The third kappa shape index (κ3) is 3.05. The van der Waals surface area contributed by atoms with Gasteiger partial charge in [-0.2, -0.15) is 10.4 Å². The summed E-state index contributed by atoms with van der Waals surface area (Å²) in [6, 6.07) is 5.87. The van der Waals surface area contributed by atoms with Crippen molar-refractivity contribution in [3.63, 3.8) is 0 Å². The number of rotatable bonds is 4. The highest BCUT2D eigenvalue weighted by Crippen LogP contribution is 2.49. The number of fused-ring (bicyclic) bond motifs is 2. The topological polar surface area (TPSA) is 126 Å². The molecule has 5 rings (SSSR count). The van der Waals surface area contributed by atoms with Gasteiger partial charge >= 0.3 is 0 Å². The predicted molar refractivity (Wildman–Crippen MR) is 103 cm³/mol. The van der Waals surface area contributed by atoms with E-state index in [2.05, 4.69) is 16.2 Å². The van der Waals surface area contributed by atoms with Crippen molar-refractivity contribution in [2.45, 2.75) is 69.1 Å². The van der Waals surface area contributed by atoms with Crippen LogP contribution in [0.15, 0.2) is 18.5 Å². The van der Waals surface area contributed by atoms with Gasteiger partial charge in [-0.05, 0) is 45.2 Å². The van der Waals surface area contributed by atoms with E-state index in [1.807, 2.05) is 13.8 Å². The molecule has 0 bridgehead atoms. The van der Waals surface area contributed by atoms with Gasteiger partial charge in [0.1, 0.15) is 36.2 Å². The molecule has 0 spiro atoms. The van der Waals surface area contributed by atoms with E-state index in [9.17, 15) is 5.26 Å². The summed E-state index contributed by atoms with van der Waals surface area (Å²) in [7, 11) is 0. The molecule has 3 aliphatic heterocycles. The molecule has 10 heteroatoms. The molecule has 2 N–H and O–H groups in total. The maximum Gasteiger partial charge on any atom is 0.226 e. The van der Waals surface area contributed by atoms with Gasteiger partial charge in [0.2, 0.25) is 5.60 Å². The Morgan fingerprint density at radius 2 is 2.17 bits per heavy atom. The highest BCUT2D eigenvalue weighted by atomic mass is 16.8. The van der Waals surface area contributed by atoms with Crippen molar-refractivity contribution in [2.75, 3.05) is 18.9 Å². The first-order valence-electron chi connectivity index (χ1n) is 10.2. The summed E-state index contributed by atoms with van der Waals surface area (Å²) >= 11 is 0. The van der Waals surface area contributed by atoms with Crippen LogP contribution in [-0.4, -0.2) is 58.2 Å². The minimum absolute atomic E-state index is 0.231. The van der Waals surface area contributed by atoms with Gasteiger partial charge < -0.3 is 29.4 Å². The third-order valence-corrected chi connectivity index (χ3v) is 5.85. The number of nitrogens with two attached hydrogens (primary N) is 1. The molecule has 0 saturated carbocycles. The zero-order valence-corrected chi connectivity index (χ0v) is 17.0. The zero-order valence-electron chi connectivity index (χ0n) is 17.0. The van der Waals surface area contributed by atoms with Gasteiger partial charge in [0.25, 0.3) is 0 Å². The Balaban J connectivity index is 1.49. The van der Waals surface area contributed by atoms with Gasteiger partial charge in [-0.15, -0.1) is 0 Å². The first-order chi connectivity index (χ1) is 14.4. The van der Waals surface area contributed by atoms with Crippen LogP contribution in [0.4, 0.5) is 5.82 Å². The Kier molecular flexibility index (Phi) is 4.68. The maximum atomic E-state index is 10.3. The van der Waals surface area contributed by atoms with Crippen LogP contribution in [0.25, 0.3) is 5.52 Å². The van der Waals surface area contributed by atoms with Crippen molar-refractivity contribution >= 4 is 11.3 Å². The molecule has 2 unspecified atom stereocenters. The zero-order chi connectivity index (χ0) is 20.9. The number of anilines is 1. The minimum atomic E-state index is -1.44. The molecule has 0 radical (unpaired) electrons. The molecular formula is C20H25N5O5. The summed E-state index contributed by atoms with van der Waals surface area (Å²) in [6.07, 6.45) is 2.38. The van der Waals surface area contributed by atoms with Crippen LogP contribution >= 0.6 is 0 Å². The second-order valence-electron chi connectivity index (χ2n) is 8.31. The van der Waals surface area contributed by atoms with Crippen LogP contribution in [0.2, 0.25) is 0 Å². The SMILES string of the molecule is CC1(C)O[C@H]2[C@@H](O1)C(C#N)(c1ccc3c(N)ncnn13)O[C@@H]2COC1CCCCO1. The van der Waals surface area contributed by atoms with E-state index in [-0.39, 0.29) is 12.9 Å². The lowest BCUT2D eigenvalue weighted by Gasteiger charge is -2.29. The van der Waals surface area contributed by atoms with E-state index in [0.717, 1.165) is 19.3 Å². The number of nitriles is 1. The van der Waals surface area contributed by atoms with E-state index >= 15 is 0 Å². The number of aromatic nitrogens is 3. The average Bonchev–Trinajstić information content (AvgIpc) is 3.38. The molecule has 2 aromatic rings. The summed E-state index contributed by atoms with van der Waals surface area (Å²) in [4.78, 5) is 4.01. The third-order valence-electron chi connectivity index (χ3n) is 5.85. The molecule has 160 valence electrons. The van der Waals surface area contributed by atoms with E-state index in [0.29, 0.717) is 23.6 Å². The molecule has 30 heavy (non-hydrogen) atoms. The Hall–Kier alpha value is -2.29. The van der Waals surface area contributed by atoms with Crippen LogP contribution in [0, 0.1) is 11.3 Å². The highest BCUT2D eigenvalue weighted by Gasteiger charge is 2.65. The molecule has 3 aliphatic rings. The van der Waals surface area contributed by atoms with E-state index in [1.165, 1.54) is 6.33 Å². The van der Waals surface area contributed by atoms with Gasteiger partial charge in [-0.3, -0.25) is 0 Å². The second-order valence-corrected chi connectivity index (χ2v) is 8.31. The number of nitrogen functional groups attached to an aromatic ring is 1. The lowest BCUT2D eigenvalue weighted by atomic mass is 9.92. The van der Waals surface area contributed by atoms with Crippen molar-refractivity contribution in [2.24, 2.45) is 0 Å². The van der Waals surface area contributed by atoms with Crippen LogP contribution in [0.3, 0.4) is 0 Å². The number of hydrogen-bond donors (Lipinski definition) is 1. The first-order valence-corrected chi connectivity index (χ1v) is 10.2. The van der Waals surface area contributed by atoms with Crippen LogP contribution in [0.1, 0.15) is 38.8 Å². The first kappa shape index (κ1) is 19.7. The summed E-state index contributed by atoms with van der Waals surface area (Å²) in [6.45, 7) is 4.57. The van der Waals surface area contributed by atoms with Crippen LogP contribution < -0.4 is 5.73 Å². The molecule has 10 nitrogen and oxygen atoms in total. The van der Waals surface area contributed by atoms with Crippen molar-refractivity contribution in [3.8, 4) is 6.07 Å². The van der Waals surface area contributed by atoms with E-state index in [4.69, 9.17) is 29.4 Å². The number of nitrogens with zero attached hydrogens (tertiary/aromatic N) is 4. The minimum Gasteiger partial charge on any atom is -0.382 e. The van der Waals surface area contributed by atoms with E-state index < -0.39 is 29.7 Å². The van der Waals surface area contributed by atoms with Crippen molar-refractivity contribution in [3.05, 3.63) is 24.2 Å². The van der Waals surface area contributed by atoms with Crippen molar-refractivity contribution in [1.82, 2.24) is 14.6 Å². The van der Waals surface area contributed by atoms with Crippen LogP contribution in [-0.2, 0) is 29.3 Å². The Labute approximate surface area is 173 Å². The van der Waals surface area contributed by atoms with Gasteiger partial charge in [-0.25, -0.2) is 9.50 Å². The summed E-state index contributed by atoms with van der Waals surface area (Å²) in [5, 5.41) is 14.6. The molecule has 3 saturated heterocycles. The predicted octanol–water partition coefficient (Wildman–Crippen LogP) is 1.49. The monoisotopic (exact) mass is 415 g/mol. The van der Waals surface area contributed by atoms with Crippen LogP contribution in [0.5, 0.6) is 0 Å². The molecular weight excluding hydrogens is 390 g/mol. The molecule has 3 fully saturated rings. The standard InChI is InChI=1S/C20H25N5O5/c1-19(2)29-16-13(9-27-15-5-3-4-8-26-15)28-20(10-21,17(16)30-19)14-7-6-12-18(22)23-11-24-25(12)14/h6-7,11,13,15-17H,3-5,8-9H2,1-2H3,(H2,22,23,24)/t13-,15?,16-,17-,20?/m1/s1.